The Balaban J connectivity index is 1.02. The van der Waals surface area contributed by atoms with Gasteiger partial charge in [-0.1, -0.05) is 0 Å². The summed E-state index contributed by atoms with van der Waals surface area (Å²) in [7, 11) is 0.750. The van der Waals surface area contributed by atoms with Gasteiger partial charge in [0.1, 0.15) is 0 Å². The molecule has 10 aliphatic rings. The van der Waals surface area contributed by atoms with Gasteiger partial charge < -0.3 is 0 Å². The number of hydrogen-bond acceptors (Lipinski definition) is 0. The monoisotopic (exact) mass is 588 g/mol. The Morgan fingerprint density at radius 2 is 0.703 bits per heavy atom. The van der Waals surface area contributed by atoms with Gasteiger partial charge in [0.05, 0.1) is 0 Å². The Morgan fingerprint density at radius 1 is 0.405 bits per heavy atom. The Bertz CT molecular complexity index is 1190. The molecule has 216 valence electrons. The van der Waals surface area contributed by atoms with Crippen molar-refractivity contribution in [1.82, 2.24) is 0 Å². The van der Waals surface area contributed by atoms with Crippen molar-refractivity contribution in [2.24, 2.45) is 0 Å². The minimum absolute atomic E-state index is 0.375. The van der Waals surface area contributed by atoms with Crippen molar-refractivity contribution < 1.29 is 6.23 Å². The molecule has 0 aromatic rings. The van der Waals surface area contributed by atoms with E-state index in [0.717, 1.165) is 0 Å². The van der Waals surface area contributed by atoms with Crippen LogP contribution in [0.3, 0.4) is 0 Å². The van der Waals surface area contributed by atoms with Crippen LogP contribution in [-0.4, -0.2) is 32.9 Å². The molecule has 37 heavy (non-hydrogen) atoms. The molecule has 10 aliphatic heterocycles. The number of rotatable bonds is 22. The van der Waals surface area contributed by atoms with Crippen molar-refractivity contribution in [3.63, 3.8) is 0 Å². The quantitative estimate of drug-likeness (QED) is 0.0670. The second-order valence-corrected chi connectivity index (χ2v) is 43.9. The van der Waals surface area contributed by atoms with Crippen LogP contribution < -0.4 is 0 Å². The van der Waals surface area contributed by atoms with Gasteiger partial charge in [-0.2, -0.15) is 0 Å². The molecule has 0 bridgehead atoms. The van der Waals surface area contributed by atoms with Gasteiger partial charge >= 0.3 is 225 Å². The summed E-state index contributed by atoms with van der Waals surface area (Å²) in [6.07, 6.45) is 28.6. The molecule has 10 fully saturated rings. The van der Waals surface area contributed by atoms with Crippen LogP contribution in [-0.2, 0) is 6.23 Å². The molecule has 4 unspecified atom stereocenters. The van der Waals surface area contributed by atoms with Gasteiger partial charge in [-0.3, -0.25) is 0 Å². The fraction of sp³-hybridized carbons (Fsp3) is 1.00. The van der Waals surface area contributed by atoms with Crippen molar-refractivity contribution in [3.05, 3.63) is 0 Å². The van der Waals surface area contributed by atoms with Crippen molar-refractivity contribution in [1.29, 1.82) is 0 Å². The number of fused-ring (bicyclic) bond motifs is 10. The second kappa shape index (κ2) is 4.20. The summed E-state index contributed by atoms with van der Waals surface area (Å²) < 4.78 is 2.39. The molecule has 0 nitrogen and oxygen atoms in total. The zero-order valence-corrected chi connectivity index (χ0v) is 27.7. The van der Waals surface area contributed by atoms with Gasteiger partial charge in [-0.25, -0.2) is 0 Å². The molecule has 0 aromatic carbocycles. The first kappa shape index (κ1) is 23.9. The van der Waals surface area contributed by atoms with Crippen LogP contribution in [0.1, 0.15) is 130 Å². The Morgan fingerprint density at radius 3 is 0.919 bits per heavy atom. The van der Waals surface area contributed by atoms with Crippen LogP contribution in [0.4, 0.5) is 0 Å². The molecular weight excluding hydrogens is 529 g/mol. The third kappa shape index (κ3) is 0.668. The normalized spacial score (nSPS) is 63.6. The van der Waals surface area contributed by atoms with Crippen LogP contribution in [0.2, 0.25) is 39.1 Å². The van der Waals surface area contributed by atoms with Crippen LogP contribution in [0.5, 0.6) is 0 Å². The van der Waals surface area contributed by atoms with E-state index in [2.05, 4.69) is 27.7 Å². The van der Waals surface area contributed by atoms with Crippen LogP contribution in [0, 0.1) is 0 Å². The van der Waals surface area contributed by atoms with E-state index in [-0.39, 0.29) is 0 Å². The average Bonchev–Trinajstić information content (AvgIpc) is 3.85. The summed E-state index contributed by atoms with van der Waals surface area (Å²) in [6, 6.07) is 0. The SMILES string of the molecule is CCCCCCP(CCCCCC)[C]12[CH]3[CH]4[CH]5[C]1(P(CCCCCC)CCCCCC)[Ni]43521678[CH]2[CH]1[CH]6[CH]7[CH]28. The standard InChI is InChI=1S/C29H55P2.C5H5.Ni/c1-5-9-13-17-24-30(25-18-14-10-6-2)28-22-21-23-29(28)31(26-19-15-11-7-3)27-20-16-12-8-4;1-2-4-5-3-1;/h21-23H,5-20,24-27H2,1-4H3;1-5H;. The summed E-state index contributed by atoms with van der Waals surface area (Å²) in [5.41, 5.74) is 0. The number of unbranched alkanes of at least 4 members (excludes halogenated alkanes) is 12. The molecule has 4 atom stereocenters. The van der Waals surface area contributed by atoms with Gasteiger partial charge in [0, 0.05) is 0 Å². The van der Waals surface area contributed by atoms with Gasteiger partial charge in [-0.05, 0) is 0 Å². The maximum atomic E-state index is 2.43. The second-order valence-electron chi connectivity index (χ2n) is 17.1. The van der Waals surface area contributed by atoms with E-state index in [9.17, 15) is 0 Å². The fourth-order valence-corrected chi connectivity index (χ4v) is 116. The summed E-state index contributed by atoms with van der Waals surface area (Å²) in [5.74, 6) is 0. The summed E-state index contributed by atoms with van der Waals surface area (Å²) in [6.45, 7) is 9.71. The number of hydrogen-bond donors (Lipinski definition) is 0. The zero-order valence-electron chi connectivity index (χ0n) is 25.0. The molecular formula is C34H60NiP2. The van der Waals surface area contributed by atoms with Crippen molar-refractivity contribution >= 4 is 15.8 Å². The predicted molar refractivity (Wildman–Crippen MR) is 165 cm³/mol. The Labute approximate surface area is 223 Å². The molecule has 1 spiro atoms. The molecule has 0 N–H and O–H groups in total. The fourth-order valence-electron chi connectivity index (χ4n) is 20.0. The van der Waals surface area contributed by atoms with E-state index in [1.165, 1.54) is 98.7 Å². The molecule has 3 heteroatoms. The van der Waals surface area contributed by atoms with Crippen LogP contribution >= 0.6 is 15.8 Å². The first-order valence-corrected chi connectivity index (χ1v) is 26.5. The van der Waals surface area contributed by atoms with E-state index in [1.54, 1.807) is 76.0 Å². The summed E-state index contributed by atoms with van der Waals surface area (Å²) >= 11 is 0. The molecule has 0 amide bonds. The van der Waals surface area contributed by atoms with E-state index < -0.39 is 6.23 Å². The molecule has 10 saturated heterocycles. The van der Waals surface area contributed by atoms with Gasteiger partial charge in [-0.15, -0.1) is 0 Å². The van der Waals surface area contributed by atoms with Crippen LogP contribution in [0.15, 0.2) is 0 Å². The Hall–Kier alpha value is 1.35. The average molecular weight is 589 g/mol. The molecule has 0 radical (unpaired) electrons. The summed E-state index contributed by atoms with van der Waals surface area (Å²) in [5, 5.41) is 0. The van der Waals surface area contributed by atoms with E-state index in [1.807, 2.05) is 0 Å². The molecule has 0 aromatic heterocycles. The third-order valence-electron chi connectivity index (χ3n) is 19.3. The predicted octanol–water partition coefficient (Wildman–Crippen LogP) is 12.5. The minimum atomic E-state index is -3.07. The molecule has 10 heterocycles. The van der Waals surface area contributed by atoms with Crippen molar-refractivity contribution in [2.45, 2.75) is 178 Å². The molecule has 0 aliphatic carbocycles. The zero-order chi connectivity index (χ0) is 25.2. The molecule has 10 rings (SSSR count). The van der Waals surface area contributed by atoms with Crippen molar-refractivity contribution in [2.75, 3.05) is 24.6 Å². The summed E-state index contributed by atoms with van der Waals surface area (Å²) in [4.78, 5) is 12.2. The molecule has 0 saturated carbocycles. The van der Waals surface area contributed by atoms with Gasteiger partial charge in [0.2, 0.25) is 0 Å². The van der Waals surface area contributed by atoms with Crippen molar-refractivity contribution in [3.8, 4) is 0 Å². The maximum absolute atomic E-state index is 3.07. The first-order valence-electron chi connectivity index (χ1n) is 17.5. The topological polar surface area (TPSA) is 0 Å². The van der Waals surface area contributed by atoms with E-state index in [0.29, 0.717) is 15.8 Å². The first-order chi connectivity index (χ1) is 18.0. The van der Waals surface area contributed by atoms with Crippen LogP contribution in [0.25, 0.3) is 0 Å². The van der Waals surface area contributed by atoms with Gasteiger partial charge in [0.15, 0.2) is 0 Å². The third-order valence-corrected chi connectivity index (χ3v) is 72.0. The van der Waals surface area contributed by atoms with E-state index in [4.69, 9.17) is 0 Å². The van der Waals surface area contributed by atoms with E-state index >= 15 is 0 Å². The Kier molecular flexibility index (Phi) is 2.71. The van der Waals surface area contributed by atoms with Gasteiger partial charge in [0.25, 0.3) is 0 Å².